The first-order valence-electron chi connectivity index (χ1n) is 25.4. The van der Waals surface area contributed by atoms with Crippen LogP contribution in [0.1, 0.15) is 134 Å². The van der Waals surface area contributed by atoms with Crippen LogP contribution in [0.25, 0.3) is 46.6 Å². The monoisotopic (exact) mass is 888 g/mol. The summed E-state index contributed by atoms with van der Waals surface area (Å²) in [5.41, 5.74) is 24.5. The largest absolute Gasteiger partial charge is 0.370 e. The van der Waals surface area contributed by atoms with Crippen LogP contribution in [0, 0.1) is 18.8 Å². The summed E-state index contributed by atoms with van der Waals surface area (Å²) in [7, 11) is 2.27. The fourth-order valence-electron chi connectivity index (χ4n) is 11.6. The number of hydrogen-bond acceptors (Lipinski definition) is 1. The van der Waals surface area contributed by atoms with E-state index in [4.69, 9.17) is 0 Å². The Bertz CT molecular complexity index is 3130. The summed E-state index contributed by atoms with van der Waals surface area (Å²) in [6, 6.07) is 36.7. The van der Waals surface area contributed by atoms with Gasteiger partial charge in [0.1, 0.15) is 0 Å². The number of likely N-dealkylation sites (N-methyl/N-ethyl adjacent to an activating group) is 1. The van der Waals surface area contributed by atoms with Crippen LogP contribution in [-0.4, -0.2) is 13.6 Å². The third-order valence-electron chi connectivity index (χ3n) is 15.1. The Morgan fingerprint density at radius 1 is 0.779 bits per heavy atom. The number of fused-ring (bicyclic) bond motifs is 5. The van der Waals surface area contributed by atoms with Gasteiger partial charge in [0, 0.05) is 37.0 Å². The van der Waals surface area contributed by atoms with Crippen molar-refractivity contribution in [3.63, 3.8) is 0 Å². The molecule has 5 aromatic carbocycles. The molecule has 0 spiro atoms. The summed E-state index contributed by atoms with van der Waals surface area (Å²) < 4.78 is 0. The van der Waals surface area contributed by atoms with Crippen LogP contribution in [0.3, 0.4) is 0 Å². The second-order valence-corrected chi connectivity index (χ2v) is 19.1. The SMILES string of the molecule is CC/C=C/C=C\c1cc(C2=c3ccccc3=C(c3cc4c(c5c3C=CC=C(CC)C5)N(C)CC=C4)/C(=C/C(CC)/C(=C(\C)c3ccccc3)c3ccccc3)C2C)c2c(c1C)C(CC)C=CC=C2. The van der Waals surface area contributed by atoms with E-state index in [9.17, 15) is 0 Å². The molecule has 1 heterocycles. The molecule has 1 heteroatoms. The van der Waals surface area contributed by atoms with Crippen LogP contribution in [-0.2, 0) is 6.42 Å². The first-order chi connectivity index (χ1) is 33.3. The average molecular weight is 888 g/mol. The van der Waals surface area contributed by atoms with Gasteiger partial charge >= 0.3 is 0 Å². The molecule has 342 valence electrons. The molecule has 0 aromatic heterocycles. The average Bonchev–Trinajstić information content (AvgIpc) is 3.74. The highest BCUT2D eigenvalue weighted by Gasteiger charge is 2.33. The lowest BCUT2D eigenvalue weighted by Gasteiger charge is -2.34. The lowest BCUT2D eigenvalue weighted by molar-refractivity contribution is 0.770. The first-order valence-corrected chi connectivity index (χ1v) is 25.4. The highest BCUT2D eigenvalue weighted by Crippen LogP contribution is 2.47. The lowest BCUT2D eigenvalue weighted by atomic mass is 9.71. The fourth-order valence-corrected chi connectivity index (χ4v) is 11.6. The Kier molecular flexibility index (Phi) is 14.1. The van der Waals surface area contributed by atoms with Crippen molar-refractivity contribution in [2.24, 2.45) is 11.8 Å². The van der Waals surface area contributed by atoms with Crippen molar-refractivity contribution in [3.8, 4) is 0 Å². The van der Waals surface area contributed by atoms with Gasteiger partial charge in [0.2, 0.25) is 0 Å². The lowest BCUT2D eigenvalue weighted by Crippen LogP contribution is -2.37. The summed E-state index contributed by atoms with van der Waals surface area (Å²) in [5, 5.41) is 2.64. The molecule has 0 N–H and O–H groups in total. The summed E-state index contributed by atoms with van der Waals surface area (Å²) in [5.74, 6) is 0.510. The first kappa shape index (κ1) is 46.4. The van der Waals surface area contributed by atoms with Gasteiger partial charge in [0.05, 0.1) is 0 Å². The van der Waals surface area contributed by atoms with E-state index in [1.807, 2.05) is 0 Å². The van der Waals surface area contributed by atoms with Crippen LogP contribution in [0.4, 0.5) is 5.69 Å². The van der Waals surface area contributed by atoms with E-state index in [1.165, 1.54) is 111 Å². The summed E-state index contributed by atoms with van der Waals surface area (Å²) in [6.45, 7) is 17.3. The third-order valence-corrected chi connectivity index (χ3v) is 15.1. The zero-order valence-corrected chi connectivity index (χ0v) is 41.7. The summed E-state index contributed by atoms with van der Waals surface area (Å²) in [6.07, 6.45) is 38.0. The predicted octanol–water partition coefficient (Wildman–Crippen LogP) is 16.1. The van der Waals surface area contributed by atoms with Gasteiger partial charge in [0.25, 0.3) is 0 Å². The van der Waals surface area contributed by atoms with E-state index < -0.39 is 0 Å². The van der Waals surface area contributed by atoms with Gasteiger partial charge in [-0.3, -0.25) is 0 Å². The molecule has 0 radical (unpaired) electrons. The molecule has 68 heavy (non-hydrogen) atoms. The molecule has 0 fully saturated rings. The maximum absolute atomic E-state index is 2.71. The van der Waals surface area contributed by atoms with Crippen molar-refractivity contribution in [2.45, 2.75) is 86.5 Å². The molecule has 3 unspecified atom stereocenters. The maximum atomic E-state index is 2.71. The molecule has 5 aromatic rings. The molecular formula is C67H69N. The minimum absolute atomic E-state index is 0.0558. The Labute approximate surface area is 407 Å². The van der Waals surface area contributed by atoms with Crippen molar-refractivity contribution in [3.05, 3.63) is 241 Å². The number of anilines is 1. The van der Waals surface area contributed by atoms with Crippen molar-refractivity contribution < 1.29 is 0 Å². The zero-order valence-electron chi connectivity index (χ0n) is 41.7. The van der Waals surface area contributed by atoms with E-state index in [1.54, 1.807) is 0 Å². The van der Waals surface area contributed by atoms with Crippen molar-refractivity contribution in [1.82, 2.24) is 0 Å². The van der Waals surface area contributed by atoms with E-state index in [-0.39, 0.29) is 11.8 Å². The second-order valence-electron chi connectivity index (χ2n) is 19.1. The number of rotatable bonds is 12. The molecule has 3 aliphatic carbocycles. The van der Waals surface area contributed by atoms with Crippen molar-refractivity contribution >= 4 is 52.3 Å². The van der Waals surface area contributed by atoms with Crippen LogP contribution in [0.2, 0.25) is 0 Å². The van der Waals surface area contributed by atoms with Crippen molar-refractivity contribution in [2.75, 3.05) is 18.5 Å². The molecule has 1 nitrogen and oxygen atoms in total. The fraction of sp³-hybridized carbons (Fsp3) is 0.254. The standard InChI is InChI=1S/C67H69N/c1-9-13-14-17-34-53-43-61(58-38-23-22-29-49(11-3)64(58)46(53)6)65-47(7)59(42-50(12-4)63(52-32-20-16-21-33-52)45(5)51-30-18-15-19-31-51)66(57-37-25-24-36-56(57)65)60-44-54-35-27-40-68(8)67(54)62-41-48(10-2)28-26-39-55(60)62/h13-39,42-44,47,49-50H,9-12,40-41H2,1-8H3/b14-13+,34-17-,59-42+,63-45-. The number of allylic oxidation sites excluding steroid dienone is 13. The molecular weight excluding hydrogens is 819 g/mol. The number of hydrogen-bond donors (Lipinski definition) is 0. The van der Waals surface area contributed by atoms with Gasteiger partial charge in [-0.1, -0.05) is 210 Å². The van der Waals surface area contributed by atoms with Crippen LogP contribution in [0.5, 0.6) is 0 Å². The Morgan fingerprint density at radius 3 is 2.22 bits per heavy atom. The topological polar surface area (TPSA) is 3.24 Å². The minimum Gasteiger partial charge on any atom is -0.370 e. The molecule has 0 saturated carbocycles. The normalized spacial score (nSPS) is 18.9. The summed E-state index contributed by atoms with van der Waals surface area (Å²) >= 11 is 0. The van der Waals surface area contributed by atoms with Gasteiger partial charge in [-0.15, -0.1) is 0 Å². The van der Waals surface area contributed by atoms with Gasteiger partial charge in [-0.2, -0.15) is 0 Å². The highest BCUT2D eigenvalue weighted by molar-refractivity contribution is 5.97. The highest BCUT2D eigenvalue weighted by atomic mass is 15.1. The van der Waals surface area contributed by atoms with Gasteiger partial charge < -0.3 is 4.90 Å². The molecule has 9 rings (SSSR count). The molecule has 0 saturated heterocycles. The Morgan fingerprint density at radius 2 is 1.50 bits per heavy atom. The molecule has 4 aliphatic rings. The number of nitrogens with zero attached hydrogens (tertiary/aromatic N) is 1. The summed E-state index contributed by atoms with van der Waals surface area (Å²) in [4.78, 5) is 2.46. The maximum Gasteiger partial charge on any atom is 0.0482 e. The molecule has 1 aliphatic heterocycles. The predicted molar refractivity (Wildman–Crippen MR) is 298 cm³/mol. The molecule has 0 bridgehead atoms. The molecule has 0 amide bonds. The van der Waals surface area contributed by atoms with Gasteiger partial charge in [-0.05, 0) is 158 Å². The Balaban J connectivity index is 1.43. The third kappa shape index (κ3) is 8.80. The zero-order chi connectivity index (χ0) is 47.3. The number of benzene rings is 5. The Hall–Kier alpha value is -6.70. The van der Waals surface area contributed by atoms with E-state index in [0.717, 1.165) is 38.6 Å². The quantitative estimate of drug-likeness (QED) is 0.0891. The van der Waals surface area contributed by atoms with E-state index in [2.05, 4.69) is 243 Å². The van der Waals surface area contributed by atoms with Crippen LogP contribution < -0.4 is 15.3 Å². The molecule has 3 atom stereocenters. The van der Waals surface area contributed by atoms with E-state index >= 15 is 0 Å². The van der Waals surface area contributed by atoms with Crippen LogP contribution >= 0.6 is 0 Å². The van der Waals surface area contributed by atoms with Crippen LogP contribution in [0.15, 0.2) is 169 Å². The van der Waals surface area contributed by atoms with Gasteiger partial charge in [-0.25, -0.2) is 0 Å². The smallest absolute Gasteiger partial charge is 0.0482 e. The minimum atomic E-state index is 0.0558. The second kappa shape index (κ2) is 20.7. The van der Waals surface area contributed by atoms with E-state index in [0.29, 0.717) is 5.92 Å². The van der Waals surface area contributed by atoms with Gasteiger partial charge in [0.15, 0.2) is 0 Å². The van der Waals surface area contributed by atoms with Crippen molar-refractivity contribution in [1.29, 1.82) is 0 Å².